The Bertz CT molecular complexity index is 303. The van der Waals surface area contributed by atoms with Crippen molar-refractivity contribution in [3.8, 4) is 0 Å². The van der Waals surface area contributed by atoms with Crippen LogP contribution in [-0.4, -0.2) is 49.6 Å². The molecule has 2 fully saturated rings. The minimum atomic E-state index is -2.69. The number of alkyl halides is 2. The highest BCUT2D eigenvalue weighted by molar-refractivity contribution is 5.75. The zero-order valence-electron chi connectivity index (χ0n) is 10.1. The van der Waals surface area contributed by atoms with E-state index in [1.54, 1.807) is 0 Å². The fourth-order valence-corrected chi connectivity index (χ4v) is 2.43. The third-order valence-corrected chi connectivity index (χ3v) is 3.67. The number of nitrogens with one attached hydrogen (secondary N) is 2. The van der Waals surface area contributed by atoms with Crippen LogP contribution in [-0.2, 0) is 0 Å². The lowest BCUT2D eigenvalue weighted by atomic mass is 9.76. The van der Waals surface area contributed by atoms with Crippen LogP contribution in [0.5, 0.6) is 0 Å². The first-order valence-corrected chi connectivity index (χ1v) is 6.12. The van der Waals surface area contributed by atoms with Crippen LogP contribution in [0, 0.1) is 5.41 Å². The van der Waals surface area contributed by atoms with Gasteiger partial charge in [0, 0.05) is 26.2 Å². The summed E-state index contributed by atoms with van der Waals surface area (Å²) in [6.45, 7) is 3.01. The van der Waals surface area contributed by atoms with Crippen molar-refractivity contribution in [1.82, 2.24) is 15.5 Å². The summed E-state index contributed by atoms with van der Waals surface area (Å²) in [6.07, 6.45) is 1.93. The molecule has 98 valence electrons. The van der Waals surface area contributed by atoms with E-state index >= 15 is 0 Å². The van der Waals surface area contributed by atoms with Crippen molar-refractivity contribution in [2.24, 2.45) is 5.41 Å². The summed E-state index contributed by atoms with van der Waals surface area (Å²) in [7, 11) is 0. The van der Waals surface area contributed by atoms with Gasteiger partial charge in [0.15, 0.2) is 0 Å². The molecule has 2 saturated heterocycles. The standard InChI is InChI=1S/C11H19F2N3O/c1-2-3-4-15-9(17)16-7-10(8-16)5-14-6-11(10,12)13/h14H,2-8H2,1H3,(H,15,17). The SMILES string of the molecule is CCCCNC(=O)N1CC2(CNCC2(F)F)C1. The van der Waals surface area contributed by atoms with Crippen LogP contribution >= 0.6 is 0 Å². The normalized spacial score (nSPS) is 24.8. The first kappa shape index (κ1) is 12.5. The van der Waals surface area contributed by atoms with E-state index in [1.807, 2.05) is 6.92 Å². The first-order chi connectivity index (χ1) is 8.01. The van der Waals surface area contributed by atoms with Gasteiger partial charge in [0.25, 0.3) is 5.92 Å². The van der Waals surface area contributed by atoms with Crippen molar-refractivity contribution < 1.29 is 13.6 Å². The molecule has 2 heterocycles. The van der Waals surface area contributed by atoms with Crippen LogP contribution in [0.3, 0.4) is 0 Å². The molecule has 0 unspecified atom stereocenters. The molecule has 2 aliphatic heterocycles. The summed E-state index contributed by atoms with van der Waals surface area (Å²) in [4.78, 5) is 13.1. The second kappa shape index (κ2) is 4.40. The molecule has 0 aliphatic carbocycles. The molecule has 1 spiro atoms. The highest BCUT2D eigenvalue weighted by Gasteiger charge is 2.64. The summed E-state index contributed by atoms with van der Waals surface area (Å²) >= 11 is 0. The number of hydrogen-bond acceptors (Lipinski definition) is 2. The van der Waals surface area contributed by atoms with Gasteiger partial charge in [-0.3, -0.25) is 0 Å². The predicted octanol–water partition coefficient (Wildman–Crippen LogP) is 1.04. The van der Waals surface area contributed by atoms with Crippen LogP contribution in [0.1, 0.15) is 19.8 Å². The maximum Gasteiger partial charge on any atom is 0.317 e. The maximum absolute atomic E-state index is 13.6. The molecule has 17 heavy (non-hydrogen) atoms. The van der Waals surface area contributed by atoms with Gasteiger partial charge >= 0.3 is 6.03 Å². The molecule has 0 aromatic rings. The fraction of sp³-hybridized carbons (Fsp3) is 0.909. The van der Waals surface area contributed by atoms with Crippen molar-refractivity contribution in [2.75, 3.05) is 32.7 Å². The van der Waals surface area contributed by atoms with E-state index in [0.29, 0.717) is 13.1 Å². The average molecular weight is 247 g/mol. The van der Waals surface area contributed by atoms with Gasteiger partial charge in [-0.15, -0.1) is 0 Å². The highest BCUT2D eigenvalue weighted by atomic mass is 19.3. The van der Waals surface area contributed by atoms with E-state index in [0.717, 1.165) is 12.8 Å². The lowest BCUT2D eigenvalue weighted by molar-refractivity contribution is -0.142. The first-order valence-electron chi connectivity index (χ1n) is 6.12. The molecule has 4 nitrogen and oxygen atoms in total. The smallest absolute Gasteiger partial charge is 0.317 e. The zero-order valence-corrected chi connectivity index (χ0v) is 10.1. The van der Waals surface area contributed by atoms with Crippen LogP contribution in [0.15, 0.2) is 0 Å². The zero-order chi connectivity index (χ0) is 12.5. The van der Waals surface area contributed by atoms with Crippen molar-refractivity contribution in [2.45, 2.75) is 25.7 Å². The number of rotatable bonds is 3. The Morgan fingerprint density at radius 2 is 2.12 bits per heavy atom. The molecule has 2 N–H and O–H groups in total. The molecule has 6 heteroatoms. The van der Waals surface area contributed by atoms with Crippen LogP contribution in [0.2, 0.25) is 0 Å². The summed E-state index contributed by atoms with van der Waals surface area (Å²) in [5.41, 5.74) is -1.02. The minimum Gasteiger partial charge on any atom is -0.338 e. The van der Waals surface area contributed by atoms with Gasteiger partial charge < -0.3 is 15.5 Å². The van der Waals surface area contributed by atoms with E-state index in [-0.39, 0.29) is 25.7 Å². The van der Waals surface area contributed by atoms with Gasteiger partial charge in [-0.1, -0.05) is 13.3 Å². The molecule has 2 aliphatic rings. The fourth-order valence-electron chi connectivity index (χ4n) is 2.43. The van der Waals surface area contributed by atoms with Gasteiger partial charge in [0.2, 0.25) is 0 Å². The van der Waals surface area contributed by atoms with E-state index in [2.05, 4.69) is 10.6 Å². The molecule has 0 atom stereocenters. The minimum absolute atomic E-state index is 0.158. The third-order valence-electron chi connectivity index (χ3n) is 3.67. The number of hydrogen-bond donors (Lipinski definition) is 2. The number of unbranched alkanes of at least 4 members (excludes halogenated alkanes) is 1. The van der Waals surface area contributed by atoms with Crippen molar-refractivity contribution >= 4 is 6.03 Å². The summed E-state index contributed by atoms with van der Waals surface area (Å²) in [5.74, 6) is -2.69. The number of amides is 2. The van der Waals surface area contributed by atoms with Gasteiger partial charge in [-0.25, -0.2) is 13.6 Å². The van der Waals surface area contributed by atoms with E-state index in [4.69, 9.17) is 0 Å². The third kappa shape index (κ3) is 2.10. The Morgan fingerprint density at radius 1 is 1.41 bits per heavy atom. The highest BCUT2D eigenvalue weighted by Crippen LogP contribution is 2.46. The van der Waals surface area contributed by atoms with E-state index < -0.39 is 11.3 Å². The second-order valence-corrected chi connectivity index (χ2v) is 5.03. The molecular weight excluding hydrogens is 228 g/mol. The van der Waals surface area contributed by atoms with Gasteiger partial charge in [0.05, 0.1) is 12.0 Å². The lowest BCUT2D eigenvalue weighted by Crippen LogP contribution is -2.67. The predicted molar refractivity (Wildman–Crippen MR) is 60.1 cm³/mol. The molecule has 0 radical (unpaired) electrons. The van der Waals surface area contributed by atoms with Crippen molar-refractivity contribution in [1.29, 1.82) is 0 Å². The molecular formula is C11H19F2N3O. The largest absolute Gasteiger partial charge is 0.338 e. The molecule has 2 rings (SSSR count). The Morgan fingerprint density at radius 3 is 2.65 bits per heavy atom. The Labute approximate surface area is 99.7 Å². The molecule has 0 saturated carbocycles. The van der Waals surface area contributed by atoms with Gasteiger partial charge in [-0.2, -0.15) is 0 Å². The van der Waals surface area contributed by atoms with Crippen LogP contribution < -0.4 is 10.6 Å². The molecule has 0 aromatic heterocycles. The number of carbonyl (C=O) groups is 1. The van der Waals surface area contributed by atoms with Crippen LogP contribution in [0.4, 0.5) is 13.6 Å². The monoisotopic (exact) mass is 247 g/mol. The van der Waals surface area contributed by atoms with Gasteiger partial charge in [-0.05, 0) is 6.42 Å². The number of likely N-dealkylation sites (tertiary alicyclic amines) is 1. The van der Waals surface area contributed by atoms with Crippen molar-refractivity contribution in [3.63, 3.8) is 0 Å². The summed E-state index contributed by atoms with van der Waals surface area (Å²) in [6, 6.07) is -0.216. The Kier molecular flexibility index (Phi) is 3.25. The maximum atomic E-state index is 13.6. The summed E-state index contributed by atoms with van der Waals surface area (Å²) < 4.78 is 27.1. The quantitative estimate of drug-likeness (QED) is 0.732. The average Bonchev–Trinajstić information content (AvgIpc) is 2.51. The number of urea groups is 1. The van der Waals surface area contributed by atoms with Crippen molar-refractivity contribution in [3.05, 3.63) is 0 Å². The topological polar surface area (TPSA) is 44.4 Å². The lowest BCUT2D eigenvalue weighted by Gasteiger charge is -2.49. The summed E-state index contributed by atoms with van der Waals surface area (Å²) in [5, 5.41) is 5.45. The number of halogens is 2. The van der Waals surface area contributed by atoms with E-state index in [1.165, 1.54) is 4.90 Å². The second-order valence-electron chi connectivity index (χ2n) is 5.03. The number of carbonyl (C=O) groups excluding carboxylic acids is 1. The molecule has 0 aromatic carbocycles. The Hall–Kier alpha value is -0.910. The van der Waals surface area contributed by atoms with E-state index in [9.17, 15) is 13.6 Å². The molecule has 0 bridgehead atoms. The van der Waals surface area contributed by atoms with Gasteiger partial charge in [0.1, 0.15) is 0 Å². The van der Waals surface area contributed by atoms with Crippen LogP contribution in [0.25, 0.3) is 0 Å². The molecule has 2 amide bonds. The number of nitrogens with zero attached hydrogens (tertiary/aromatic N) is 1. The Balaban J connectivity index is 1.80.